The van der Waals surface area contributed by atoms with E-state index < -0.39 is 10.0 Å². The van der Waals surface area contributed by atoms with Crippen molar-refractivity contribution in [2.24, 2.45) is 5.92 Å². The Morgan fingerprint density at radius 2 is 1.75 bits per heavy atom. The molecule has 0 unspecified atom stereocenters. The number of hydrogen-bond donors (Lipinski definition) is 1. The second-order valence-electron chi connectivity index (χ2n) is 4.95. The molecule has 5 heteroatoms. The highest BCUT2D eigenvalue weighted by molar-refractivity contribution is 7.89. The minimum Gasteiger partial charge on any atom is -0.314 e. The van der Waals surface area contributed by atoms with Crippen molar-refractivity contribution in [3.8, 4) is 0 Å². The van der Waals surface area contributed by atoms with Gasteiger partial charge in [0.25, 0.3) is 0 Å². The number of rotatable bonds is 8. The Bertz CT molecular complexity index is 274. The number of hydrogen-bond acceptors (Lipinski definition) is 3. The summed E-state index contributed by atoms with van der Waals surface area (Å²) in [5, 5.41) is 3.21. The van der Waals surface area contributed by atoms with E-state index in [2.05, 4.69) is 19.2 Å². The zero-order valence-corrected chi connectivity index (χ0v) is 12.0. The summed E-state index contributed by atoms with van der Waals surface area (Å²) in [5.41, 5.74) is 0. The van der Waals surface area contributed by atoms with Crippen molar-refractivity contribution in [2.75, 3.05) is 25.9 Å². The highest BCUT2D eigenvalue weighted by atomic mass is 32.2. The fourth-order valence-electron chi connectivity index (χ4n) is 1.43. The Morgan fingerprint density at radius 3 is 2.19 bits per heavy atom. The van der Waals surface area contributed by atoms with E-state index in [1.807, 2.05) is 13.8 Å². The van der Waals surface area contributed by atoms with Gasteiger partial charge in [-0.05, 0) is 18.9 Å². The molecule has 0 aromatic heterocycles. The number of nitrogens with one attached hydrogen (secondary N) is 1. The smallest absolute Gasteiger partial charge is 0.213 e. The fourth-order valence-corrected chi connectivity index (χ4v) is 2.78. The third-order valence-electron chi connectivity index (χ3n) is 2.23. The van der Waals surface area contributed by atoms with Crippen LogP contribution < -0.4 is 5.32 Å². The van der Waals surface area contributed by atoms with Crippen LogP contribution in [0.1, 0.15) is 34.1 Å². The van der Waals surface area contributed by atoms with Gasteiger partial charge in [0.05, 0.1) is 5.75 Å². The molecule has 1 N–H and O–H groups in total. The molecule has 0 atom stereocenters. The van der Waals surface area contributed by atoms with E-state index in [9.17, 15) is 8.42 Å². The minimum absolute atomic E-state index is 0.232. The molecule has 4 nitrogen and oxygen atoms in total. The first-order valence-corrected chi connectivity index (χ1v) is 7.54. The van der Waals surface area contributed by atoms with Crippen LogP contribution in [0.15, 0.2) is 0 Å². The molecular weight excluding hydrogens is 224 g/mol. The van der Waals surface area contributed by atoms with Crippen molar-refractivity contribution < 1.29 is 8.42 Å². The Hall–Kier alpha value is -0.130. The summed E-state index contributed by atoms with van der Waals surface area (Å²) in [6, 6.07) is 0.413. The first-order valence-electron chi connectivity index (χ1n) is 5.93. The highest BCUT2D eigenvalue weighted by Gasteiger charge is 2.17. The topological polar surface area (TPSA) is 49.4 Å². The quantitative estimate of drug-likeness (QED) is 0.661. The van der Waals surface area contributed by atoms with Gasteiger partial charge < -0.3 is 5.32 Å². The van der Waals surface area contributed by atoms with Crippen molar-refractivity contribution in [1.82, 2.24) is 9.62 Å². The van der Waals surface area contributed by atoms with Gasteiger partial charge in [-0.1, -0.05) is 27.7 Å². The van der Waals surface area contributed by atoms with Crippen LogP contribution >= 0.6 is 0 Å². The summed E-state index contributed by atoms with van der Waals surface area (Å²) in [5.74, 6) is 0.601. The summed E-state index contributed by atoms with van der Waals surface area (Å²) in [6.45, 7) is 9.50. The minimum atomic E-state index is -3.06. The highest BCUT2D eigenvalue weighted by Crippen LogP contribution is 2.04. The van der Waals surface area contributed by atoms with Gasteiger partial charge in [-0.15, -0.1) is 0 Å². The van der Waals surface area contributed by atoms with Crippen LogP contribution in [0.25, 0.3) is 0 Å². The molecule has 0 amide bonds. The van der Waals surface area contributed by atoms with Gasteiger partial charge in [0.2, 0.25) is 10.0 Å². The predicted octanol–water partition coefficient (Wildman–Crippen LogP) is 1.29. The van der Waals surface area contributed by atoms with Crippen molar-refractivity contribution in [2.45, 2.75) is 40.2 Å². The summed E-state index contributed by atoms with van der Waals surface area (Å²) >= 11 is 0. The third kappa shape index (κ3) is 7.19. The van der Waals surface area contributed by atoms with Gasteiger partial charge in [0, 0.05) is 19.6 Å². The molecule has 0 spiro atoms. The lowest BCUT2D eigenvalue weighted by Crippen LogP contribution is -2.34. The van der Waals surface area contributed by atoms with Crippen molar-refractivity contribution in [3.63, 3.8) is 0 Å². The van der Waals surface area contributed by atoms with E-state index in [1.165, 1.54) is 4.31 Å². The van der Waals surface area contributed by atoms with E-state index in [0.717, 1.165) is 6.54 Å². The largest absolute Gasteiger partial charge is 0.314 e. The maximum absolute atomic E-state index is 11.8. The van der Waals surface area contributed by atoms with Gasteiger partial charge in [-0.25, -0.2) is 12.7 Å². The molecular formula is C11H26N2O2S. The average molecular weight is 250 g/mol. The maximum atomic E-state index is 11.8. The molecule has 0 saturated carbocycles. The Labute approximate surface area is 100 Å². The zero-order valence-electron chi connectivity index (χ0n) is 11.2. The number of sulfonamides is 1. The van der Waals surface area contributed by atoms with Crippen LogP contribution in [-0.2, 0) is 10.0 Å². The lowest BCUT2D eigenvalue weighted by atomic mass is 10.2. The predicted molar refractivity (Wildman–Crippen MR) is 69.0 cm³/mol. The molecule has 0 aromatic carbocycles. The van der Waals surface area contributed by atoms with Crippen LogP contribution in [-0.4, -0.2) is 44.7 Å². The molecule has 0 heterocycles. The van der Waals surface area contributed by atoms with E-state index >= 15 is 0 Å². The van der Waals surface area contributed by atoms with Gasteiger partial charge in [-0.3, -0.25) is 0 Å². The molecule has 0 rings (SSSR count). The number of nitrogens with zero attached hydrogens (tertiary/aromatic N) is 1. The van der Waals surface area contributed by atoms with Crippen molar-refractivity contribution >= 4 is 10.0 Å². The van der Waals surface area contributed by atoms with Gasteiger partial charge in [-0.2, -0.15) is 0 Å². The second-order valence-corrected chi connectivity index (χ2v) is 7.15. The molecule has 0 saturated heterocycles. The molecule has 16 heavy (non-hydrogen) atoms. The fraction of sp³-hybridized carbons (Fsp3) is 1.00. The summed E-state index contributed by atoms with van der Waals surface area (Å²) < 4.78 is 25.1. The molecule has 0 aliphatic rings. The lowest BCUT2D eigenvalue weighted by Gasteiger charge is -2.19. The van der Waals surface area contributed by atoms with Crippen molar-refractivity contribution in [1.29, 1.82) is 0 Å². The van der Waals surface area contributed by atoms with E-state index in [0.29, 0.717) is 24.9 Å². The van der Waals surface area contributed by atoms with Gasteiger partial charge in [0.1, 0.15) is 0 Å². The van der Waals surface area contributed by atoms with Gasteiger partial charge >= 0.3 is 0 Å². The van der Waals surface area contributed by atoms with Crippen LogP contribution in [0, 0.1) is 5.92 Å². The standard InChI is InChI=1S/C11H26N2O2S/c1-10(2)9-13(5)16(14,15)8-6-7-12-11(3)4/h10-12H,6-9H2,1-5H3. The monoisotopic (exact) mass is 250 g/mol. The maximum Gasteiger partial charge on any atom is 0.213 e. The van der Waals surface area contributed by atoms with Crippen LogP contribution in [0.4, 0.5) is 0 Å². The van der Waals surface area contributed by atoms with E-state index in [4.69, 9.17) is 0 Å². The zero-order chi connectivity index (χ0) is 12.8. The van der Waals surface area contributed by atoms with Crippen molar-refractivity contribution in [3.05, 3.63) is 0 Å². The lowest BCUT2D eigenvalue weighted by molar-refractivity contribution is 0.416. The molecule has 0 aromatic rings. The normalized spacial score (nSPS) is 13.0. The average Bonchev–Trinajstić information content (AvgIpc) is 2.11. The SMILES string of the molecule is CC(C)CN(C)S(=O)(=O)CCCNC(C)C. The summed E-state index contributed by atoms with van der Waals surface area (Å²) in [4.78, 5) is 0. The first-order chi connectivity index (χ1) is 7.25. The van der Waals surface area contributed by atoms with E-state index in [-0.39, 0.29) is 5.75 Å². The Kier molecular flexibility index (Phi) is 7.19. The Morgan fingerprint density at radius 1 is 1.19 bits per heavy atom. The van der Waals surface area contributed by atoms with Crippen LogP contribution in [0.5, 0.6) is 0 Å². The van der Waals surface area contributed by atoms with E-state index in [1.54, 1.807) is 7.05 Å². The molecule has 0 aliphatic heterocycles. The van der Waals surface area contributed by atoms with Crippen LogP contribution in [0.2, 0.25) is 0 Å². The first kappa shape index (κ1) is 15.9. The third-order valence-corrected chi connectivity index (χ3v) is 4.13. The molecule has 0 fully saturated rings. The Balaban J connectivity index is 3.95. The van der Waals surface area contributed by atoms with Gasteiger partial charge in [0.15, 0.2) is 0 Å². The summed E-state index contributed by atoms with van der Waals surface area (Å²) in [7, 11) is -1.40. The second kappa shape index (κ2) is 7.25. The molecule has 98 valence electrons. The molecule has 0 radical (unpaired) electrons. The summed E-state index contributed by atoms with van der Waals surface area (Å²) in [6.07, 6.45) is 0.670. The van der Waals surface area contributed by atoms with Crippen LogP contribution in [0.3, 0.4) is 0 Å². The molecule has 0 bridgehead atoms. The molecule has 0 aliphatic carbocycles.